The van der Waals surface area contributed by atoms with E-state index in [0.29, 0.717) is 72.5 Å². The minimum Gasteiger partial charge on any atom is -0.768 e. The number of phenols is 1. The topological polar surface area (TPSA) is 199 Å². The third kappa shape index (κ3) is 12.1. The van der Waals surface area contributed by atoms with Crippen molar-refractivity contribution >= 4 is 46.2 Å². The number of carbonyl (C=O) groups excluding carboxylic acids is 1. The van der Waals surface area contributed by atoms with Crippen LogP contribution in [0.2, 0.25) is 0 Å². The number of carbonyl (C=O) groups is 1. The zero-order valence-electron chi connectivity index (χ0n) is 25.3. The lowest BCUT2D eigenvalue weighted by Gasteiger charge is -2.12. The molecule has 5 aromatic rings. The molecule has 1 aromatic heterocycles. The summed E-state index contributed by atoms with van der Waals surface area (Å²) in [6.07, 6.45) is 0. The quantitative estimate of drug-likeness (QED) is 0.0564. The van der Waals surface area contributed by atoms with Crippen LogP contribution >= 0.6 is 0 Å². The van der Waals surface area contributed by atoms with Crippen LogP contribution in [0, 0.1) is 0 Å². The van der Waals surface area contributed by atoms with Gasteiger partial charge in [-0.05, 0) is 77.3 Å². The van der Waals surface area contributed by atoms with Crippen LogP contribution in [-0.2, 0) is 22.4 Å². The van der Waals surface area contributed by atoms with E-state index >= 15 is 0 Å². The highest BCUT2D eigenvalue weighted by Crippen LogP contribution is 2.21. The second kappa shape index (κ2) is 18.5. The van der Waals surface area contributed by atoms with Crippen LogP contribution in [0.3, 0.4) is 0 Å². The zero-order valence-corrected chi connectivity index (χ0v) is 26.2. The van der Waals surface area contributed by atoms with Crippen LogP contribution < -0.4 is 27.0 Å². The fraction of sp³-hybridized carbons (Fsp3) is 0.152. The normalized spacial score (nSPS) is 11.0. The predicted molar refractivity (Wildman–Crippen MR) is 181 cm³/mol. The number of nitrogens with zero attached hydrogens (tertiary/aromatic N) is 3. The summed E-state index contributed by atoms with van der Waals surface area (Å²) in [6.45, 7) is 2.30. The first-order valence-corrected chi connectivity index (χ1v) is 15.6. The highest BCUT2D eigenvalue weighted by molar-refractivity contribution is 7.79. The summed E-state index contributed by atoms with van der Waals surface area (Å²) in [5, 5.41) is 21.8. The van der Waals surface area contributed by atoms with Gasteiger partial charge >= 0.3 is 0 Å². The third-order valence-electron chi connectivity index (χ3n) is 6.19. The SMILES string of the molecule is NCCOCCNc1nc(Nc2ccc(O)cc2)nc(Nc2ccc(C(=O)NCc3ccccc3)cc2)n1.O=S([O-])c1ccccc1. The molecule has 0 aliphatic rings. The molecule has 5 rings (SSSR count). The minimum absolute atomic E-state index is 0.158. The van der Waals surface area contributed by atoms with Crippen molar-refractivity contribution in [2.24, 2.45) is 5.73 Å². The number of rotatable bonds is 14. The standard InChI is InChI=1S/C27H30N8O3.C6H6O2S/c28-14-16-38-17-15-29-25-33-26(35-27(34-25)32-22-10-12-23(36)13-11-22)31-21-8-6-20(7-9-21)24(37)30-18-19-4-2-1-3-5-19;7-9(8)6-4-2-1-3-5-6/h1-13,36H,14-18,28H2,(H,30,37)(H3,29,31,32,33,34,35);1-5H,(H,7,8)/p-1. The Hall–Kier alpha value is -5.41. The number of hydrogen-bond donors (Lipinski definition) is 6. The maximum Gasteiger partial charge on any atom is 0.251 e. The molecule has 13 nitrogen and oxygen atoms in total. The Labute approximate surface area is 275 Å². The van der Waals surface area contributed by atoms with E-state index in [1.54, 1.807) is 78.9 Å². The van der Waals surface area contributed by atoms with E-state index in [0.717, 1.165) is 5.56 Å². The molecule has 0 bridgehead atoms. The van der Waals surface area contributed by atoms with E-state index in [9.17, 15) is 18.7 Å². The second-order valence-electron chi connectivity index (χ2n) is 9.72. The van der Waals surface area contributed by atoms with Gasteiger partial charge in [0, 0.05) is 41.5 Å². The number of nitrogens with one attached hydrogen (secondary N) is 4. The fourth-order valence-electron chi connectivity index (χ4n) is 3.91. The maximum absolute atomic E-state index is 12.5. The first-order chi connectivity index (χ1) is 22.9. The van der Waals surface area contributed by atoms with Crippen molar-refractivity contribution in [3.8, 4) is 5.75 Å². The molecule has 4 aromatic carbocycles. The number of hydrogen-bond acceptors (Lipinski definition) is 12. The van der Waals surface area contributed by atoms with Crippen molar-refractivity contribution < 1.29 is 23.4 Å². The number of aromatic hydroxyl groups is 1. The molecule has 244 valence electrons. The van der Waals surface area contributed by atoms with E-state index < -0.39 is 11.1 Å². The highest BCUT2D eigenvalue weighted by Gasteiger charge is 2.10. The van der Waals surface area contributed by atoms with Crippen LogP contribution in [0.4, 0.5) is 29.2 Å². The molecule has 1 amide bonds. The maximum atomic E-state index is 12.5. The number of nitrogens with two attached hydrogens (primary N) is 1. The summed E-state index contributed by atoms with van der Waals surface area (Å²) in [4.78, 5) is 26.2. The Balaban J connectivity index is 0.000000479. The highest BCUT2D eigenvalue weighted by atomic mass is 32.2. The zero-order chi connectivity index (χ0) is 33.3. The minimum atomic E-state index is -2.08. The first kappa shape index (κ1) is 34.5. The van der Waals surface area contributed by atoms with Crippen LogP contribution in [0.25, 0.3) is 0 Å². The number of anilines is 5. The van der Waals surface area contributed by atoms with Crippen LogP contribution in [0.5, 0.6) is 5.75 Å². The lowest BCUT2D eigenvalue weighted by atomic mass is 10.2. The van der Waals surface area contributed by atoms with E-state index in [4.69, 9.17) is 10.5 Å². The van der Waals surface area contributed by atoms with Gasteiger partial charge in [-0.1, -0.05) is 48.5 Å². The van der Waals surface area contributed by atoms with Crippen molar-refractivity contribution in [3.63, 3.8) is 0 Å². The van der Waals surface area contributed by atoms with Gasteiger partial charge in [-0.25, -0.2) is 0 Å². The van der Waals surface area contributed by atoms with Crippen molar-refractivity contribution in [2.45, 2.75) is 11.4 Å². The van der Waals surface area contributed by atoms with Crippen LogP contribution in [0.1, 0.15) is 15.9 Å². The van der Waals surface area contributed by atoms with Crippen molar-refractivity contribution in [1.82, 2.24) is 20.3 Å². The smallest absolute Gasteiger partial charge is 0.251 e. The lowest BCUT2D eigenvalue weighted by Crippen LogP contribution is -2.22. The molecule has 0 spiro atoms. The van der Waals surface area contributed by atoms with Crippen LogP contribution in [-0.4, -0.2) is 61.0 Å². The molecule has 0 radical (unpaired) electrons. The number of ether oxygens (including phenoxy) is 1. The van der Waals surface area contributed by atoms with Gasteiger partial charge in [-0.3, -0.25) is 9.00 Å². The Morgan fingerprint density at radius 1 is 0.766 bits per heavy atom. The molecule has 0 saturated heterocycles. The van der Waals surface area contributed by atoms with Crippen LogP contribution in [0.15, 0.2) is 114 Å². The number of aromatic nitrogens is 3. The Bertz CT molecular complexity index is 1700. The van der Waals surface area contributed by atoms with Gasteiger partial charge in [0.25, 0.3) is 5.91 Å². The summed E-state index contributed by atoms with van der Waals surface area (Å²) in [5.41, 5.74) is 8.41. The van der Waals surface area contributed by atoms with Crippen molar-refractivity contribution in [1.29, 1.82) is 0 Å². The molecule has 0 saturated carbocycles. The number of benzene rings is 4. The summed E-state index contributed by atoms with van der Waals surface area (Å²) in [7, 11) is 0. The second-order valence-corrected chi connectivity index (χ2v) is 10.7. The van der Waals surface area contributed by atoms with Gasteiger partial charge in [-0.2, -0.15) is 15.0 Å². The van der Waals surface area contributed by atoms with Gasteiger partial charge in [0.05, 0.1) is 13.2 Å². The number of phenolic OH excluding ortho intramolecular Hbond substituents is 1. The van der Waals surface area contributed by atoms with Gasteiger partial charge < -0.3 is 41.4 Å². The summed E-state index contributed by atoms with van der Waals surface area (Å²) in [5.74, 6) is 0.940. The van der Waals surface area contributed by atoms with Gasteiger partial charge in [0.15, 0.2) is 0 Å². The molecule has 14 heteroatoms. The lowest BCUT2D eigenvalue weighted by molar-refractivity contribution is 0.0951. The molecular formula is C33H35N8O5S-. The van der Waals surface area contributed by atoms with Crippen molar-refractivity contribution in [3.05, 3.63) is 120 Å². The molecule has 47 heavy (non-hydrogen) atoms. The van der Waals surface area contributed by atoms with E-state index in [1.807, 2.05) is 30.3 Å². The molecule has 1 heterocycles. The van der Waals surface area contributed by atoms with Gasteiger partial charge in [0.1, 0.15) is 5.75 Å². The fourth-order valence-corrected chi connectivity index (χ4v) is 4.29. The molecule has 0 aliphatic heterocycles. The van der Waals surface area contributed by atoms with Crippen molar-refractivity contribution in [2.75, 3.05) is 42.3 Å². The molecule has 1 unspecified atom stereocenters. The molecule has 7 N–H and O–H groups in total. The first-order valence-electron chi connectivity index (χ1n) is 14.6. The van der Waals surface area contributed by atoms with E-state index in [-0.39, 0.29) is 11.7 Å². The van der Waals surface area contributed by atoms with Gasteiger partial charge in [-0.15, -0.1) is 0 Å². The van der Waals surface area contributed by atoms with E-state index in [2.05, 4.69) is 36.2 Å². The Morgan fingerprint density at radius 2 is 1.32 bits per heavy atom. The van der Waals surface area contributed by atoms with Gasteiger partial charge in [0.2, 0.25) is 17.8 Å². The molecule has 0 aliphatic carbocycles. The third-order valence-corrected chi connectivity index (χ3v) is 6.84. The average Bonchev–Trinajstić information content (AvgIpc) is 3.09. The Morgan fingerprint density at radius 3 is 1.87 bits per heavy atom. The summed E-state index contributed by atoms with van der Waals surface area (Å²) < 4.78 is 25.8. The van der Waals surface area contributed by atoms with E-state index in [1.165, 1.54) is 0 Å². The monoisotopic (exact) mass is 655 g/mol. The molecular weight excluding hydrogens is 620 g/mol. The number of amides is 1. The molecule has 1 atom stereocenters. The largest absolute Gasteiger partial charge is 0.768 e. The predicted octanol–water partition coefficient (Wildman–Crippen LogP) is 4.31. The summed E-state index contributed by atoms with van der Waals surface area (Å²) in [6, 6.07) is 31.5. The summed E-state index contributed by atoms with van der Waals surface area (Å²) >= 11 is -2.08. The average molecular weight is 656 g/mol. The molecule has 0 fully saturated rings. The Kier molecular flexibility index (Phi) is 13.6.